The first kappa shape index (κ1) is 15.8. The van der Waals surface area contributed by atoms with E-state index in [1.807, 2.05) is 0 Å². The summed E-state index contributed by atoms with van der Waals surface area (Å²) in [5, 5.41) is 8.90. The molecule has 0 amide bonds. The van der Waals surface area contributed by atoms with Gasteiger partial charge in [0.05, 0.1) is 0 Å². The van der Waals surface area contributed by atoms with Crippen molar-refractivity contribution in [3.05, 3.63) is 29.8 Å². The lowest BCUT2D eigenvalue weighted by atomic mass is 10.2. The third-order valence-electron chi connectivity index (χ3n) is 3.50. The summed E-state index contributed by atoms with van der Waals surface area (Å²) in [5.74, 6) is -3.32. The van der Waals surface area contributed by atoms with Gasteiger partial charge in [0.25, 0.3) is 0 Å². The first-order valence-electron chi connectivity index (χ1n) is 6.51. The minimum absolute atomic E-state index is 0.492. The highest BCUT2D eigenvalue weighted by atomic mass is 32.2. The van der Waals surface area contributed by atoms with Crippen LogP contribution in [0.25, 0.3) is 0 Å². The SMILES string of the molecule is O=C(O)CN(C1CCCC1)S(=O)(=O)c1cc(F)ccc1F. The maximum atomic E-state index is 13.7. The quantitative estimate of drug-likeness (QED) is 0.900. The first-order chi connectivity index (χ1) is 9.82. The average molecular weight is 319 g/mol. The molecule has 1 aliphatic rings. The summed E-state index contributed by atoms with van der Waals surface area (Å²) in [6.07, 6.45) is 2.59. The zero-order chi connectivity index (χ0) is 15.6. The highest BCUT2D eigenvalue weighted by Gasteiger charge is 2.36. The van der Waals surface area contributed by atoms with E-state index in [0.29, 0.717) is 18.9 Å². The number of sulfonamides is 1. The zero-order valence-electron chi connectivity index (χ0n) is 11.1. The van der Waals surface area contributed by atoms with E-state index in [2.05, 4.69) is 0 Å². The Hall–Kier alpha value is -1.54. The monoisotopic (exact) mass is 319 g/mol. The number of nitrogens with zero attached hydrogens (tertiary/aromatic N) is 1. The van der Waals surface area contributed by atoms with E-state index < -0.39 is 45.1 Å². The van der Waals surface area contributed by atoms with Crippen molar-refractivity contribution < 1.29 is 27.1 Å². The maximum absolute atomic E-state index is 13.7. The molecule has 0 aliphatic heterocycles. The van der Waals surface area contributed by atoms with E-state index >= 15 is 0 Å². The Balaban J connectivity index is 2.45. The van der Waals surface area contributed by atoms with Crippen LogP contribution >= 0.6 is 0 Å². The number of carbonyl (C=O) groups is 1. The lowest BCUT2D eigenvalue weighted by Crippen LogP contribution is -2.42. The average Bonchev–Trinajstić information content (AvgIpc) is 2.92. The van der Waals surface area contributed by atoms with Crippen LogP contribution in [0.15, 0.2) is 23.1 Å². The lowest BCUT2D eigenvalue weighted by Gasteiger charge is -2.26. The van der Waals surface area contributed by atoms with Gasteiger partial charge in [0.15, 0.2) is 0 Å². The van der Waals surface area contributed by atoms with Crippen LogP contribution in [0, 0.1) is 11.6 Å². The third-order valence-corrected chi connectivity index (χ3v) is 5.42. The van der Waals surface area contributed by atoms with Gasteiger partial charge in [-0.3, -0.25) is 4.79 Å². The van der Waals surface area contributed by atoms with Gasteiger partial charge in [0.1, 0.15) is 23.1 Å². The first-order valence-corrected chi connectivity index (χ1v) is 7.95. The number of halogens is 2. The number of benzene rings is 1. The summed E-state index contributed by atoms with van der Waals surface area (Å²) in [7, 11) is -4.40. The standard InChI is InChI=1S/C13H15F2NO4S/c14-9-5-6-11(15)12(7-9)21(19,20)16(8-13(17)18)10-3-1-2-4-10/h5-7,10H,1-4,8H2,(H,17,18). The van der Waals surface area contributed by atoms with Crippen LogP contribution in [0.5, 0.6) is 0 Å². The van der Waals surface area contributed by atoms with Gasteiger partial charge in [-0.05, 0) is 31.0 Å². The van der Waals surface area contributed by atoms with E-state index in [1.165, 1.54) is 0 Å². The van der Waals surface area contributed by atoms with Crippen LogP contribution < -0.4 is 0 Å². The molecular weight excluding hydrogens is 304 g/mol. The molecule has 0 aromatic heterocycles. The van der Waals surface area contributed by atoms with Crippen LogP contribution in [-0.4, -0.2) is 36.4 Å². The maximum Gasteiger partial charge on any atom is 0.318 e. The zero-order valence-corrected chi connectivity index (χ0v) is 11.9. The highest BCUT2D eigenvalue weighted by molar-refractivity contribution is 7.89. The fourth-order valence-electron chi connectivity index (χ4n) is 2.54. The number of carboxylic acids is 1. The van der Waals surface area contributed by atoms with Crippen LogP contribution in [0.2, 0.25) is 0 Å². The molecule has 8 heteroatoms. The number of hydrogen-bond acceptors (Lipinski definition) is 3. The molecule has 0 heterocycles. The van der Waals surface area contributed by atoms with Crippen molar-refractivity contribution in [1.29, 1.82) is 0 Å². The van der Waals surface area contributed by atoms with Crippen molar-refractivity contribution in [2.45, 2.75) is 36.6 Å². The van der Waals surface area contributed by atoms with Crippen molar-refractivity contribution in [2.24, 2.45) is 0 Å². The summed E-state index contributed by atoms with van der Waals surface area (Å²) in [5.41, 5.74) is 0. The molecule has 0 saturated heterocycles. The van der Waals surface area contributed by atoms with Gasteiger partial charge in [-0.15, -0.1) is 0 Å². The molecule has 0 unspecified atom stereocenters. The summed E-state index contributed by atoms with van der Waals surface area (Å²) >= 11 is 0. The second-order valence-corrected chi connectivity index (χ2v) is 6.82. The number of hydrogen-bond donors (Lipinski definition) is 1. The van der Waals surface area contributed by atoms with Crippen molar-refractivity contribution in [2.75, 3.05) is 6.54 Å². The summed E-state index contributed by atoms with van der Waals surface area (Å²) in [6, 6.07) is 1.62. The van der Waals surface area contributed by atoms with E-state index in [-0.39, 0.29) is 0 Å². The summed E-state index contributed by atoms with van der Waals surface area (Å²) in [6.45, 7) is -0.761. The van der Waals surface area contributed by atoms with E-state index in [9.17, 15) is 22.0 Å². The molecule has 1 N–H and O–H groups in total. The molecule has 1 saturated carbocycles. The van der Waals surface area contributed by atoms with Crippen molar-refractivity contribution in [1.82, 2.24) is 4.31 Å². The third kappa shape index (κ3) is 3.38. The molecule has 5 nitrogen and oxygen atoms in total. The Kier molecular flexibility index (Phi) is 4.58. The van der Waals surface area contributed by atoms with E-state index in [0.717, 1.165) is 29.3 Å². The summed E-state index contributed by atoms with van der Waals surface area (Å²) in [4.78, 5) is 10.1. The number of aliphatic carboxylic acids is 1. The molecule has 1 fully saturated rings. The predicted molar refractivity (Wildman–Crippen MR) is 70.1 cm³/mol. The molecule has 1 aromatic carbocycles. The molecule has 0 radical (unpaired) electrons. The van der Waals surface area contributed by atoms with Crippen molar-refractivity contribution >= 4 is 16.0 Å². The van der Waals surface area contributed by atoms with Gasteiger partial charge in [0.2, 0.25) is 10.0 Å². The second-order valence-electron chi connectivity index (χ2n) is 4.96. The molecule has 0 atom stereocenters. The molecule has 0 bridgehead atoms. The second kappa shape index (κ2) is 6.07. The normalized spacial score (nSPS) is 16.5. The summed E-state index contributed by atoms with van der Waals surface area (Å²) < 4.78 is 52.7. The largest absolute Gasteiger partial charge is 0.480 e. The predicted octanol–water partition coefficient (Wildman–Crippen LogP) is 1.98. The number of carboxylic acid groups (broad SMARTS) is 1. The molecule has 0 spiro atoms. The van der Waals surface area contributed by atoms with Crippen molar-refractivity contribution in [3.63, 3.8) is 0 Å². The molecule has 2 rings (SSSR count). The van der Waals surface area contributed by atoms with Gasteiger partial charge >= 0.3 is 5.97 Å². The van der Waals surface area contributed by atoms with Gasteiger partial charge in [-0.25, -0.2) is 17.2 Å². The highest BCUT2D eigenvalue weighted by Crippen LogP contribution is 2.29. The number of rotatable bonds is 5. The van der Waals surface area contributed by atoms with Crippen LogP contribution in [0.1, 0.15) is 25.7 Å². The Bertz CT molecular complexity index is 642. The van der Waals surface area contributed by atoms with Crippen molar-refractivity contribution in [3.8, 4) is 0 Å². The fraction of sp³-hybridized carbons (Fsp3) is 0.462. The topological polar surface area (TPSA) is 74.7 Å². The minimum atomic E-state index is -4.40. The Morgan fingerprint density at radius 2 is 1.90 bits per heavy atom. The molecule has 1 aliphatic carbocycles. The minimum Gasteiger partial charge on any atom is -0.480 e. The van der Waals surface area contributed by atoms with Gasteiger partial charge < -0.3 is 5.11 Å². The van der Waals surface area contributed by atoms with Gasteiger partial charge in [-0.1, -0.05) is 12.8 Å². The molecule has 116 valence electrons. The smallest absolute Gasteiger partial charge is 0.318 e. The molecular formula is C13H15F2NO4S. The van der Waals surface area contributed by atoms with E-state index in [4.69, 9.17) is 5.11 Å². The van der Waals surface area contributed by atoms with Crippen LogP contribution in [-0.2, 0) is 14.8 Å². The van der Waals surface area contributed by atoms with Crippen LogP contribution in [0.3, 0.4) is 0 Å². The molecule has 21 heavy (non-hydrogen) atoms. The lowest BCUT2D eigenvalue weighted by molar-refractivity contribution is -0.137. The Labute approximate surface area is 121 Å². The molecule has 1 aromatic rings. The van der Waals surface area contributed by atoms with E-state index in [1.54, 1.807) is 0 Å². The Morgan fingerprint density at radius 1 is 1.29 bits per heavy atom. The van der Waals surface area contributed by atoms with Gasteiger partial charge in [-0.2, -0.15) is 4.31 Å². The van der Waals surface area contributed by atoms with Crippen LogP contribution in [0.4, 0.5) is 8.78 Å². The van der Waals surface area contributed by atoms with Gasteiger partial charge in [0, 0.05) is 6.04 Å². The fourth-order valence-corrected chi connectivity index (χ4v) is 4.25. The Morgan fingerprint density at radius 3 is 2.48 bits per heavy atom.